The quantitative estimate of drug-likeness (QED) is 0.339. The zero-order chi connectivity index (χ0) is 21.0. The van der Waals surface area contributed by atoms with Crippen LogP contribution in [-0.4, -0.2) is 31.1 Å². The molecule has 0 amide bonds. The van der Waals surface area contributed by atoms with E-state index in [9.17, 15) is 9.90 Å². The van der Waals surface area contributed by atoms with Crippen molar-refractivity contribution in [1.82, 2.24) is 0 Å². The Bertz CT molecular complexity index is 1010. The van der Waals surface area contributed by atoms with Crippen molar-refractivity contribution in [3.05, 3.63) is 65.9 Å². The Hall–Kier alpha value is -3.94. The van der Waals surface area contributed by atoms with Crippen molar-refractivity contribution in [2.75, 3.05) is 19.5 Å². The topological polar surface area (TPSA) is 131 Å². The lowest BCUT2D eigenvalue weighted by Crippen LogP contribution is -2.21. The van der Waals surface area contributed by atoms with Gasteiger partial charge in [-0.1, -0.05) is 0 Å². The third-order valence-electron chi connectivity index (χ3n) is 4.41. The lowest BCUT2D eigenvalue weighted by atomic mass is 9.97. The van der Waals surface area contributed by atoms with Gasteiger partial charge >= 0.3 is 5.97 Å². The first-order valence-electron chi connectivity index (χ1n) is 8.68. The van der Waals surface area contributed by atoms with Crippen LogP contribution in [0, 0.1) is 5.41 Å². The number of ether oxygens (including phenoxy) is 2. The number of hydrogen-bond donors (Lipinski definition) is 4. The van der Waals surface area contributed by atoms with Gasteiger partial charge in [-0.15, -0.1) is 0 Å². The molecule has 29 heavy (non-hydrogen) atoms. The molecule has 8 nitrogen and oxygen atoms in total. The summed E-state index contributed by atoms with van der Waals surface area (Å²) >= 11 is 0. The van der Waals surface area contributed by atoms with Crippen LogP contribution < -0.4 is 20.5 Å². The number of furan rings is 1. The number of benzene rings is 2. The van der Waals surface area contributed by atoms with E-state index in [1.54, 1.807) is 48.5 Å². The lowest BCUT2D eigenvalue weighted by Gasteiger charge is -2.21. The molecule has 0 fully saturated rings. The summed E-state index contributed by atoms with van der Waals surface area (Å²) in [7, 11) is 2.99. The number of hydrogen-bond acceptors (Lipinski definition) is 6. The number of carbonyl (C=O) groups is 1. The minimum Gasteiger partial charge on any atom is -0.493 e. The molecule has 0 saturated heterocycles. The Morgan fingerprint density at radius 2 is 1.79 bits per heavy atom. The van der Waals surface area contributed by atoms with Crippen LogP contribution in [0.2, 0.25) is 0 Å². The zero-order valence-corrected chi connectivity index (χ0v) is 15.9. The highest BCUT2D eigenvalue weighted by Crippen LogP contribution is 2.39. The van der Waals surface area contributed by atoms with Gasteiger partial charge in [0, 0.05) is 22.4 Å². The van der Waals surface area contributed by atoms with E-state index in [4.69, 9.17) is 25.0 Å². The fourth-order valence-corrected chi connectivity index (χ4v) is 2.96. The number of carboxylic acids is 1. The van der Waals surface area contributed by atoms with Crippen molar-refractivity contribution in [2.24, 2.45) is 5.73 Å². The first-order valence-corrected chi connectivity index (χ1v) is 8.68. The van der Waals surface area contributed by atoms with Crippen LogP contribution in [0.5, 0.6) is 11.5 Å². The number of carboxylic acid groups (broad SMARTS) is 1. The van der Waals surface area contributed by atoms with E-state index in [0.29, 0.717) is 39.6 Å². The van der Waals surface area contributed by atoms with E-state index >= 15 is 0 Å². The fraction of sp³-hybridized carbons (Fsp3) is 0.143. The number of anilines is 1. The van der Waals surface area contributed by atoms with Crippen LogP contribution >= 0.6 is 0 Å². The maximum atomic E-state index is 12.1. The number of nitrogen functional groups attached to an aromatic ring is 1. The third kappa shape index (κ3) is 4.16. The van der Waals surface area contributed by atoms with Gasteiger partial charge < -0.3 is 30.0 Å². The molecule has 0 aliphatic carbocycles. The molecule has 1 heterocycles. The number of aliphatic carboxylic acids is 1. The molecule has 8 heteroatoms. The van der Waals surface area contributed by atoms with Gasteiger partial charge in [-0.05, 0) is 48.5 Å². The van der Waals surface area contributed by atoms with Crippen LogP contribution in [0.1, 0.15) is 17.2 Å². The monoisotopic (exact) mass is 395 g/mol. The maximum Gasteiger partial charge on any atom is 0.330 e. The summed E-state index contributed by atoms with van der Waals surface area (Å²) in [5.41, 5.74) is 7.58. The molecule has 1 aromatic heterocycles. The Kier molecular flexibility index (Phi) is 5.73. The zero-order valence-electron chi connectivity index (χ0n) is 15.9. The summed E-state index contributed by atoms with van der Waals surface area (Å²) < 4.78 is 16.2. The van der Waals surface area contributed by atoms with E-state index in [1.165, 1.54) is 20.5 Å². The van der Waals surface area contributed by atoms with Gasteiger partial charge in [-0.25, -0.2) is 4.79 Å². The van der Waals surface area contributed by atoms with Crippen molar-refractivity contribution in [3.8, 4) is 22.8 Å². The van der Waals surface area contributed by atoms with E-state index in [1.807, 2.05) is 0 Å². The van der Waals surface area contributed by atoms with Gasteiger partial charge in [-0.2, -0.15) is 0 Å². The predicted octanol–water partition coefficient (Wildman–Crippen LogP) is 3.49. The molecule has 0 radical (unpaired) electrons. The van der Waals surface area contributed by atoms with Crippen LogP contribution in [0.3, 0.4) is 0 Å². The highest BCUT2D eigenvalue weighted by molar-refractivity contribution is 5.95. The van der Waals surface area contributed by atoms with Crippen molar-refractivity contribution in [2.45, 2.75) is 6.04 Å². The van der Waals surface area contributed by atoms with Crippen LogP contribution in [0.4, 0.5) is 5.69 Å². The second-order valence-electron chi connectivity index (χ2n) is 6.18. The van der Waals surface area contributed by atoms with Crippen molar-refractivity contribution in [1.29, 1.82) is 5.41 Å². The van der Waals surface area contributed by atoms with Crippen LogP contribution in [0.25, 0.3) is 11.3 Å². The summed E-state index contributed by atoms with van der Waals surface area (Å²) in [6, 6.07) is 12.3. The predicted molar refractivity (Wildman–Crippen MR) is 109 cm³/mol. The van der Waals surface area contributed by atoms with Gasteiger partial charge in [0.25, 0.3) is 0 Å². The summed E-state index contributed by atoms with van der Waals surface area (Å²) in [5.74, 6) is 0.211. The summed E-state index contributed by atoms with van der Waals surface area (Å²) in [6.45, 7) is 0. The molecule has 1 atom stereocenters. The third-order valence-corrected chi connectivity index (χ3v) is 4.41. The van der Waals surface area contributed by atoms with E-state index in [0.717, 1.165) is 0 Å². The smallest absolute Gasteiger partial charge is 0.330 e. The average Bonchev–Trinajstić information content (AvgIpc) is 3.25. The van der Waals surface area contributed by atoms with E-state index in [2.05, 4.69) is 5.32 Å². The molecular formula is C21H21N3O5. The normalized spacial score (nSPS) is 11.5. The first kappa shape index (κ1) is 19.8. The number of nitrogens with two attached hydrogens (primary N) is 1. The second kappa shape index (κ2) is 8.39. The van der Waals surface area contributed by atoms with E-state index in [-0.39, 0.29) is 5.84 Å². The van der Waals surface area contributed by atoms with Gasteiger partial charge in [0.15, 0.2) is 17.5 Å². The molecule has 5 N–H and O–H groups in total. The molecule has 0 aliphatic rings. The van der Waals surface area contributed by atoms with Crippen molar-refractivity contribution in [3.63, 3.8) is 0 Å². The average molecular weight is 395 g/mol. The Labute approximate surface area is 167 Å². The molecule has 3 rings (SSSR count). The lowest BCUT2D eigenvalue weighted by molar-refractivity contribution is -0.138. The molecule has 0 aliphatic heterocycles. The SMILES string of the molecule is COc1cc(-c2ccco2)c(C(Nc2ccc(C(=N)N)cc2)C(=O)O)cc1OC. The molecule has 2 aromatic carbocycles. The van der Waals surface area contributed by atoms with E-state index < -0.39 is 12.0 Å². The number of rotatable bonds is 8. The molecular weight excluding hydrogens is 374 g/mol. The van der Waals surface area contributed by atoms with Crippen molar-refractivity contribution >= 4 is 17.5 Å². The second-order valence-corrected chi connectivity index (χ2v) is 6.18. The number of nitrogens with one attached hydrogen (secondary N) is 2. The Morgan fingerprint density at radius 3 is 2.31 bits per heavy atom. The molecule has 3 aromatic rings. The van der Waals surface area contributed by atoms with Crippen molar-refractivity contribution < 1.29 is 23.8 Å². The first-order chi connectivity index (χ1) is 13.9. The molecule has 150 valence electrons. The molecule has 0 saturated carbocycles. The summed E-state index contributed by atoms with van der Waals surface area (Å²) in [4.78, 5) is 12.1. The molecule has 0 spiro atoms. The fourth-order valence-electron chi connectivity index (χ4n) is 2.96. The standard InChI is InChI=1S/C21H21N3O5/c1-27-17-10-14(16-4-3-9-29-16)15(11-18(17)28-2)19(21(25)26)24-13-7-5-12(6-8-13)20(22)23/h3-11,19,24H,1-2H3,(H3,22,23)(H,25,26). The highest BCUT2D eigenvalue weighted by atomic mass is 16.5. The van der Waals surface area contributed by atoms with Gasteiger partial charge in [0.1, 0.15) is 11.6 Å². The van der Waals surface area contributed by atoms with Crippen LogP contribution in [-0.2, 0) is 4.79 Å². The molecule has 0 bridgehead atoms. The van der Waals surface area contributed by atoms with Crippen LogP contribution in [0.15, 0.2) is 59.2 Å². The molecule has 1 unspecified atom stereocenters. The maximum absolute atomic E-state index is 12.1. The largest absolute Gasteiger partial charge is 0.493 e. The van der Waals surface area contributed by atoms with Gasteiger partial charge in [-0.3, -0.25) is 5.41 Å². The highest BCUT2D eigenvalue weighted by Gasteiger charge is 2.26. The Morgan fingerprint density at radius 1 is 1.14 bits per heavy atom. The summed E-state index contributed by atoms with van der Waals surface area (Å²) in [6.07, 6.45) is 1.51. The van der Waals surface area contributed by atoms with Gasteiger partial charge in [0.05, 0.1) is 20.5 Å². The number of amidine groups is 1. The number of methoxy groups -OCH3 is 2. The van der Waals surface area contributed by atoms with Gasteiger partial charge in [0.2, 0.25) is 0 Å². The summed E-state index contributed by atoms with van der Waals surface area (Å²) in [5, 5.41) is 20.4. The Balaban J connectivity index is 2.08. The minimum absolute atomic E-state index is 0.0636. The minimum atomic E-state index is -1.10.